The van der Waals surface area contributed by atoms with Crippen LogP contribution >= 0.6 is 0 Å². The molecule has 0 radical (unpaired) electrons. The number of nitrogens with one attached hydrogen (secondary N) is 2. The molecule has 0 aromatic heterocycles. The standard InChI is InChI=1S/C16H28N2O2/c1-6-8-12-17-13-9-10-14(18-11-7-2)15(19)20-16(3,4)5/h8-10,14,17-18H,1,7,11-13H2,2-5H3. The van der Waals surface area contributed by atoms with Gasteiger partial charge in [-0.25, -0.2) is 4.79 Å². The number of hydrogen-bond acceptors (Lipinski definition) is 4. The maximum absolute atomic E-state index is 12.1. The van der Waals surface area contributed by atoms with E-state index >= 15 is 0 Å². The van der Waals surface area contributed by atoms with Crippen molar-refractivity contribution in [3.05, 3.63) is 30.5 Å². The summed E-state index contributed by atoms with van der Waals surface area (Å²) < 4.78 is 5.39. The van der Waals surface area contributed by atoms with Gasteiger partial charge in [-0.1, -0.05) is 25.7 Å². The van der Waals surface area contributed by atoms with Crippen molar-refractivity contribution in [2.75, 3.05) is 19.6 Å². The molecule has 0 aromatic rings. The third-order valence-electron chi connectivity index (χ3n) is 2.26. The molecule has 4 heteroatoms. The predicted molar refractivity (Wildman–Crippen MR) is 83.6 cm³/mol. The second-order valence-electron chi connectivity index (χ2n) is 5.46. The first-order valence-corrected chi connectivity index (χ1v) is 7.08. The van der Waals surface area contributed by atoms with Crippen molar-refractivity contribution in [2.45, 2.75) is 45.8 Å². The number of carbonyl (C=O) groups excluding carboxylic acids is 1. The van der Waals surface area contributed by atoms with Gasteiger partial charge in [0, 0.05) is 13.1 Å². The zero-order valence-electron chi connectivity index (χ0n) is 13.2. The van der Waals surface area contributed by atoms with Crippen LogP contribution in [-0.4, -0.2) is 37.2 Å². The largest absolute Gasteiger partial charge is 0.459 e. The second kappa shape index (κ2) is 10.4. The summed E-state index contributed by atoms with van der Waals surface area (Å²) in [4.78, 5) is 12.1. The van der Waals surface area contributed by atoms with E-state index in [1.165, 1.54) is 0 Å². The van der Waals surface area contributed by atoms with Crippen LogP contribution in [-0.2, 0) is 9.53 Å². The third kappa shape index (κ3) is 10.6. The van der Waals surface area contributed by atoms with Gasteiger partial charge in [-0.15, -0.1) is 5.73 Å². The number of hydrogen-bond donors (Lipinski definition) is 2. The fraction of sp³-hybridized carbons (Fsp3) is 0.625. The van der Waals surface area contributed by atoms with Crippen molar-refractivity contribution in [1.29, 1.82) is 0 Å². The summed E-state index contributed by atoms with van der Waals surface area (Å²) in [5, 5.41) is 6.33. The molecule has 2 N–H and O–H groups in total. The van der Waals surface area contributed by atoms with Gasteiger partial charge in [0.15, 0.2) is 0 Å². The van der Waals surface area contributed by atoms with E-state index in [0.29, 0.717) is 13.1 Å². The van der Waals surface area contributed by atoms with Gasteiger partial charge in [-0.3, -0.25) is 0 Å². The molecule has 0 aliphatic rings. The molecule has 0 spiro atoms. The Morgan fingerprint density at radius 2 is 2.10 bits per heavy atom. The smallest absolute Gasteiger partial charge is 0.327 e. The van der Waals surface area contributed by atoms with Crippen LogP contribution in [0.25, 0.3) is 0 Å². The highest BCUT2D eigenvalue weighted by atomic mass is 16.6. The molecular formula is C16H28N2O2. The molecule has 1 unspecified atom stereocenters. The summed E-state index contributed by atoms with van der Waals surface area (Å²) in [6.45, 7) is 13.3. The first-order valence-electron chi connectivity index (χ1n) is 7.08. The summed E-state index contributed by atoms with van der Waals surface area (Å²) in [5.74, 6) is -0.242. The van der Waals surface area contributed by atoms with Gasteiger partial charge >= 0.3 is 5.97 Å². The van der Waals surface area contributed by atoms with E-state index in [2.05, 4.69) is 29.9 Å². The highest BCUT2D eigenvalue weighted by Crippen LogP contribution is 2.09. The molecule has 0 saturated heterocycles. The van der Waals surface area contributed by atoms with E-state index in [4.69, 9.17) is 4.74 Å². The maximum atomic E-state index is 12.1. The molecule has 0 heterocycles. The molecule has 0 bridgehead atoms. The Bertz CT molecular complexity index is 350. The van der Waals surface area contributed by atoms with Crippen molar-refractivity contribution in [3.63, 3.8) is 0 Å². The minimum absolute atomic E-state index is 0.242. The lowest BCUT2D eigenvalue weighted by Gasteiger charge is -2.23. The second-order valence-corrected chi connectivity index (χ2v) is 5.46. The van der Waals surface area contributed by atoms with Crippen molar-refractivity contribution in [1.82, 2.24) is 10.6 Å². The van der Waals surface area contributed by atoms with E-state index in [1.54, 1.807) is 0 Å². The Morgan fingerprint density at radius 1 is 1.40 bits per heavy atom. The lowest BCUT2D eigenvalue weighted by atomic mass is 10.2. The van der Waals surface area contributed by atoms with Crippen molar-refractivity contribution in [3.8, 4) is 0 Å². The highest BCUT2D eigenvalue weighted by Gasteiger charge is 2.22. The number of esters is 1. The Kier molecular flexibility index (Phi) is 9.73. The van der Waals surface area contributed by atoms with Crippen LogP contribution in [0.2, 0.25) is 0 Å². The van der Waals surface area contributed by atoms with Crippen LogP contribution in [0.3, 0.4) is 0 Å². The Labute approximate surface area is 123 Å². The molecule has 0 fully saturated rings. The van der Waals surface area contributed by atoms with Gasteiger partial charge in [0.2, 0.25) is 0 Å². The Balaban J connectivity index is 4.35. The number of rotatable bonds is 9. The van der Waals surface area contributed by atoms with E-state index in [-0.39, 0.29) is 5.97 Å². The molecule has 0 saturated carbocycles. The minimum Gasteiger partial charge on any atom is -0.459 e. The van der Waals surface area contributed by atoms with Gasteiger partial charge < -0.3 is 15.4 Å². The third-order valence-corrected chi connectivity index (χ3v) is 2.26. The van der Waals surface area contributed by atoms with Crippen molar-refractivity contribution >= 4 is 5.97 Å². The van der Waals surface area contributed by atoms with Crippen LogP contribution in [0.15, 0.2) is 30.5 Å². The van der Waals surface area contributed by atoms with E-state index in [9.17, 15) is 4.79 Å². The van der Waals surface area contributed by atoms with Crippen LogP contribution in [0.4, 0.5) is 0 Å². The lowest BCUT2D eigenvalue weighted by molar-refractivity contribution is -0.156. The van der Waals surface area contributed by atoms with Crippen LogP contribution in [0, 0.1) is 0 Å². The average Bonchev–Trinajstić information content (AvgIpc) is 2.34. The van der Waals surface area contributed by atoms with Crippen LogP contribution < -0.4 is 10.6 Å². The number of ether oxygens (including phenoxy) is 1. The van der Waals surface area contributed by atoms with E-state index < -0.39 is 11.6 Å². The molecule has 0 aliphatic carbocycles. The van der Waals surface area contributed by atoms with Gasteiger partial charge in [0.25, 0.3) is 0 Å². The number of carbonyl (C=O) groups is 1. The monoisotopic (exact) mass is 280 g/mol. The first-order chi connectivity index (χ1) is 9.40. The summed E-state index contributed by atoms with van der Waals surface area (Å²) in [7, 11) is 0. The van der Waals surface area contributed by atoms with Gasteiger partial charge in [0.1, 0.15) is 11.6 Å². The van der Waals surface area contributed by atoms with Gasteiger partial charge in [-0.05, 0) is 39.8 Å². The predicted octanol–water partition coefficient (Wildman–Crippen LogP) is 2.18. The molecule has 4 nitrogen and oxygen atoms in total. The Hall–Kier alpha value is -1.35. The summed E-state index contributed by atoms with van der Waals surface area (Å²) >= 11 is 0. The van der Waals surface area contributed by atoms with Gasteiger partial charge in [-0.2, -0.15) is 0 Å². The fourth-order valence-electron chi connectivity index (χ4n) is 1.41. The van der Waals surface area contributed by atoms with E-state index in [0.717, 1.165) is 13.0 Å². The van der Waals surface area contributed by atoms with Gasteiger partial charge in [0.05, 0.1) is 0 Å². The fourth-order valence-corrected chi connectivity index (χ4v) is 1.41. The molecule has 0 aromatic carbocycles. The Morgan fingerprint density at radius 3 is 2.65 bits per heavy atom. The molecule has 114 valence electrons. The zero-order valence-corrected chi connectivity index (χ0v) is 13.2. The molecule has 1 atom stereocenters. The zero-order chi connectivity index (χ0) is 15.4. The molecule has 20 heavy (non-hydrogen) atoms. The SMILES string of the molecule is C=C=CCNCC=CC(NCCC)C(=O)OC(C)(C)C. The maximum Gasteiger partial charge on any atom is 0.327 e. The summed E-state index contributed by atoms with van der Waals surface area (Å²) in [5.41, 5.74) is 2.22. The quantitative estimate of drug-likeness (QED) is 0.294. The van der Waals surface area contributed by atoms with Crippen molar-refractivity contribution < 1.29 is 9.53 Å². The van der Waals surface area contributed by atoms with E-state index in [1.807, 2.05) is 39.0 Å². The molecular weight excluding hydrogens is 252 g/mol. The van der Waals surface area contributed by atoms with Crippen LogP contribution in [0.1, 0.15) is 34.1 Å². The highest BCUT2D eigenvalue weighted by molar-refractivity contribution is 5.78. The summed E-state index contributed by atoms with van der Waals surface area (Å²) in [6.07, 6.45) is 6.55. The topological polar surface area (TPSA) is 50.4 Å². The first kappa shape index (κ1) is 18.7. The molecule has 0 amide bonds. The average molecular weight is 280 g/mol. The normalized spacial score (nSPS) is 13.0. The summed E-state index contributed by atoms with van der Waals surface area (Å²) in [6, 6.07) is -0.397. The lowest BCUT2D eigenvalue weighted by Crippen LogP contribution is -2.40. The van der Waals surface area contributed by atoms with Crippen LogP contribution in [0.5, 0.6) is 0 Å². The molecule has 0 aliphatic heterocycles. The minimum atomic E-state index is -0.468. The van der Waals surface area contributed by atoms with Crippen molar-refractivity contribution in [2.24, 2.45) is 0 Å². The molecule has 0 rings (SSSR count).